The van der Waals surface area contributed by atoms with Crippen LogP contribution in [0.5, 0.6) is 0 Å². The second kappa shape index (κ2) is 10.1. The average molecular weight is 398 g/mol. The summed E-state index contributed by atoms with van der Waals surface area (Å²) in [6.45, 7) is 12.2. The minimum atomic E-state index is 0.0683. The topological polar surface area (TPSA) is 35.6 Å². The van der Waals surface area contributed by atoms with Crippen molar-refractivity contribution in [1.29, 1.82) is 0 Å². The van der Waals surface area contributed by atoms with Crippen LogP contribution in [0.3, 0.4) is 0 Å². The molecule has 0 aromatic heterocycles. The fourth-order valence-corrected chi connectivity index (χ4v) is 4.42. The molecular weight excluding hydrogens is 366 g/mol. The van der Waals surface area contributed by atoms with E-state index in [-0.39, 0.29) is 5.91 Å². The summed E-state index contributed by atoms with van der Waals surface area (Å²) in [5, 5.41) is 3.03. The molecule has 1 aliphatic rings. The molecule has 0 spiro atoms. The number of hydrogen-bond acceptors (Lipinski definition) is 4. The number of nitrogens with one attached hydrogen (secondary N) is 1. The molecule has 0 unspecified atom stereocenters. The lowest BCUT2D eigenvalue weighted by atomic mass is 10.2. The van der Waals surface area contributed by atoms with E-state index >= 15 is 0 Å². The maximum atomic E-state index is 12.4. The number of amides is 1. The largest absolute Gasteiger partial charge is 0.325 e. The lowest BCUT2D eigenvalue weighted by Crippen LogP contribution is -2.48. The minimum absolute atomic E-state index is 0.0683. The average Bonchev–Trinajstić information content (AvgIpc) is 2.67. The number of aryl methyl sites for hydroxylation is 2. The zero-order valence-corrected chi connectivity index (χ0v) is 18.0. The van der Waals surface area contributed by atoms with E-state index in [0.717, 1.165) is 38.4 Å². The van der Waals surface area contributed by atoms with Crippen molar-refractivity contribution >= 4 is 23.4 Å². The Hall–Kier alpha value is -1.82. The van der Waals surface area contributed by atoms with Gasteiger partial charge < -0.3 is 10.2 Å². The number of benzene rings is 2. The summed E-state index contributed by atoms with van der Waals surface area (Å²) in [6.07, 6.45) is 1.19. The monoisotopic (exact) mass is 397 g/mol. The molecule has 0 radical (unpaired) electrons. The van der Waals surface area contributed by atoms with Gasteiger partial charge in [0.2, 0.25) is 5.91 Å². The molecule has 1 aliphatic heterocycles. The Bertz CT molecular complexity index is 783. The van der Waals surface area contributed by atoms with Crippen LogP contribution < -0.4 is 5.32 Å². The van der Waals surface area contributed by atoms with Crippen LogP contribution in [0.25, 0.3) is 0 Å². The molecule has 3 rings (SSSR count). The smallest absolute Gasteiger partial charge is 0.238 e. The number of hydrogen-bond donors (Lipinski definition) is 1. The van der Waals surface area contributed by atoms with Gasteiger partial charge in [-0.05, 0) is 62.7 Å². The van der Waals surface area contributed by atoms with Crippen molar-refractivity contribution in [2.45, 2.75) is 37.0 Å². The van der Waals surface area contributed by atoms with Gasteiger partial charge in [-0.15, -0.1) is 0 Å². The molecule has 0 bridgehead atoms. The summed E-state index contributed by atoms with van der Waals surface area (Å²) < 4.78 is 0. The Morgan fingerprint density at radius 2 is 1.68 bits per heavy atom. The molecule has 28 heavy (non-hydrogen) atoms. The summed E-state index contributed by atoms with van der Waals surface area (Å²) in [7, 11) is 0. The van der Waals surface area contributed by atoms with Crippen molar-refractivity contribution in [3.05, 3.63) is 53.6 Å². The molecule has 0 saturated carbocycles. The summed E-state index contributed by atoms with van der Waals surface area (Å²) in [5.41, 5.74) is 3.44. The van der Waals surface area contributed by atoms with E-state index in [2.05, 4.69) is 66.2 Å². The zero-order chi connectivity index (χ0) is 19.9. The molecule has 0 atom stereocenters. The Balaban J connectivity index is 1.48. The lowest BCUT2D eigenvalue weighted by molar-refractivity contribution is -0.117. The third-order valence-electron chi connectivity index (χ3n) is 5.07. The third kappa shape index (κ3) is 6.09. The predicted octanol–water partition coefficient (Wildman–Crippen LogP) is 4.42. The van der Waals surface area contributed by atoms with Crippen LogP contribution in [-0.4, -0.2) is 55.0 Å². The SMILES string of the molecule is CCCN1CCN(CC(=O)Nc2ccc(Sc3ccc(C)cc3C)cc2)CC1. The maximum Gasteiger partial charge on any atom is 0.238 e. The van der Waals surface area contributed by atoms with Crippen LogP contribution in [0.4, 0.5) is 5.69 Å². The Morgan fingerprint density at radius 1 is 1.00 bits per heavy atom. The molecule has 5 heteroatoms. The van der Waals surface area contributed by atoms with E-state index in [4.69, 9.17) is 0 Å². The number of piperazine rings is 1. The first-order valence-electron chi connectivity index (χ1n) is 10.1. The Labute approximate surface area is 173 Å². The lowest BCUT2D eigenvalue weighted by Gasteiger charge is -2.34. The third-order valence-corrected chi connectivity index (χ3v) is 6.25. The highest BCUT2D eigenvalue weighted by atomic mass is 32.2. The summed E-state index contributed by atoms with van der Waals surface area (Å²) in [5.74, 6) is 0.0683. The Kier molecular flexibility index (Phi) is 7.54. The van der Waals surface area contributed by atoms with Crippen LogP contribution in [0, 0.1) is 13.8 Å². The molecule has 150 valence electrons. The number of carbonyl (C=O) groups is 1. The van der Waals surface area contributed by atoms with Crippen molar-refractivity contribution in [1.82, 2.24) is 9.80 Å². The van der Waals surface area contributed by atoms with Crippen molar-refractivity contribution in [2.24, 2.45) is 0 Å². The van der Waals surface area contributed by atoms with Gasteiger partial charge in [-0.2, -0.15) is 0 Å². The number of carbonyl (C=O) groups excluding carboxylic acids is 1. The van der Waals surface area contributed by atoms with Crippen molar-refractivity contribution in [3.8, 4) is 0 Å². The second-order valence-corrected chi connectivity index (χ2v) is 8.68. The molecule has 0 aliphatic carbocycles. The maximum absolute atomic E-state index is 12.4. The fourth-order valence-electron chi connectivity index (χ4n) is 3.54. The first-order chi connectivity index (χ1) is 13.5. The molecule has 1 heterocycles. The fraction of sp³-hybridized carbons (Fsp3) is 0.435. The van der Waals surface area contributed by atoms with E-state index in [1.165, 1.54) is 27.3 Å². The van der Waals surface area contributed by atoms with Crippen LogP contribution in [0.15, 0.2) is 52.3 Å². The van der Waals surface area contributed by atoms with Crippen molar-refractivity contribution in [3.63, 3.8) is 0 Å². The highest BCUT2D eigenvalue weighted by Crippen LogP contribution is 2.31. The van der Waals surface area contributed by atoms with Crippen LogP contribution in [0.1, 0.15) is 24.5 Å². The van der Waals surface area contributed by atoms with Gasteiger partial charge >= 0.3 is 0 Å². The van der Waals surface area contributed by atoms with Crippen molar-refractivity contribution in [2.75, 3.05) is 44.6 Å². The molecule has 4 nitrogen and oxygen atoms in total. The second-order valence-electron chi connectivity index (χ2n) is 7.56. The van der Waals surface area contributed by atoms with Gasteiger partial charge in [0.1, 0.15) is 0 Å². The molecule has 1 fully saturated rings. The number of nitrogens with zero attached hydrogens (tertiary/aromatic N) is 2. The van der Waals surface area contributed by atoms with Gasteiger partial charge in [0, 0.05) is 41.7 Å². The summed E-state index contributed by atoms with van der Waals surface area (Å²) in [4.78, 5) is 19.5. The van der Waals surface area contributed by atoms with Gasteiger partial charge in [-0.3, -0.25) is 9.69 Å². The van der Waals surface area contributed by atoms with Crippen LogP contribution >= 0.6 is 11.8 Å². The van der Waals surface area contributed by atoms with Crippen LogP contribution in [0.2, 0.25) is 0 Å². The molecular formula is C23H31N3OS. The number of rotatable bonds is 7. The number of anilines is 1. The highest BCUT2D eigenvalue weighted by molar-refractivity contribution is 7.99. The first kappa shape index (κ1) is 20.9. The zero-order valence-electron chi connectivity index (χ0n) is 17.2. The van der Waals surface area contributed by atoms with E-state index in [1.54, 1.807) is 11.8 Å². The van der Waals surface area contributed by atoms with Gasteiger partial charge in [0.05, 0.1) is 6.54 Å². The minimum Gasteiger partial charge on any atom is -0.325 e. The normalized spacial score (nSPS) is 15.5. The van der Waals surface area contributed by atoms with Gasteiger partial charge in [0.15, 0.2) is 0 Å². The predicted molar refractivity (Wildman–Crippen MR) is 118 cm³/mol. The Morgan fingerprint density at radius 3 is 2.32 bits per heavy atom. The van der Waals surface area contributed by atoms with Gasteiger partial charge in [-0.1, -0.05) is 36.4 Å². The highest BCUT2D eigenvalue weighted by Gasteiger charge is 2.18. The van der Waals surface area contributed by atoms with E-state index in [9.17, 15) is 4.79 Å². The van der Waals surface area contributed by atoms with Crippen LogP contribution in [-0.2, 0) is 4.79 Å². The van der Waals surface area contributed by atoms with Crippen molar-refractivity contribution < 1.29 is 4.79 Å². The first-order valence-corrected chi connectivity index (χ1v) is 10.9. The van der Waals surface area contributed by atoms with E-state index < -0.39 is 0 Å². The van der Waals surface area contributed by atoms with Gasteiger partial charge in [0.25, 0.3) is 0 Å². The molecule has 1 saturated heterocycles. The van der Waals surface area contributed by atoms with E-state index in [0.29, 0.717) is 6.54 Å². The quantitative estimate of drug-likeness (QED) is 0.750. The van der Waals surface area contributed by atoms with Gasteiger partial charge in [-0.25, -0.2) is 0 Å². The molecule has 1 N–H and O–H groups in total. The van der Waals surface area contributed by atoms with E-state index in [1.807, 2.05) is 12.1 Å². The summed E-state index contributed by atoms with van der Waals surface area (Å²) >= 11 is 1.76. The molecule has 1 amide bonds. The molecule has 2 aromatic carbocycles. The summed E-state index contributed by atoms with van der Waals surface area (Å²) in [6, 6.07) is 14.6. The molecule has 2 aromatic rings. The standard InChI is InChI=1S/C23H31N3OS/c1-4-11-25-12-14-26(15-13-25)17-23(27)24-20-6-8-21(9-7-20)28-22-10-5-18(2)16-19(22)3/h5-10,16H,4,11-15,17H2,1-3H3,(H,24,27).